The summed E-state index contributed by atoms with van der Waals surface area (Å²) in [5.74, 6) is 0.196. The lowest BCUT2D eigenvalue weighted by molar-refractivity contribution is 0.0453. The fraction of sp³-hybridized carbons (Fsp3) is 0.500. The zero-order chi connectivity index (χ0) is 14.2. The first kappa shape index (κ1) is 14.6. The number of aliphatic hydroxyl groups excluding tert-OH is 1. The predicted octanol–water partition coefficient (Wildman–Crippen LogP) is 1.28. The summed E-state index contributed by atoms with van der Waals surface area (Å²) in [6.45, 7) is 1.97. The van der Waals surface area contributed by atoms with Gasteiger partial charge in [-0.15, -0.1) is 0 Å². The van der Waals surface area contributed by atoms with Crippen LogP contribution in [-0.2, 0) is 10.0 Å². The van der Waals surface area contributed by atoms with Gasteiger partial charge in [0.25, 0.3) is 0 Å². The largest absolute Gasteiger partial charge is 0.398 e. The molecule has 0 amide bonds. The molecule has 1 fully saturated rings. The molecule has 0 bridgehead atoms. The molecule has 19 heavy (non-hydrogen) atoms. The Bertz CT molecular complexity index is 583. The van der Waals surface area contributed by atoms with Crippen molar-refractivity contribution in [2.24, 2.45) is 5.92 Å². The number of nitrogens with one attached hydrogen (secondary N) is 1. The summed E-state index contributed by atoms with van der Waals surface area (Å²) in [6.07, 6.45) is 0.983. The van der Waals surface area contributed by atoms with Gasteiger partial charge in [-0.05, 0) is 43.4 Å². The Morgan fingerprint density at radius 1 is 1.47 bits per heavy atom. The lowest BCUT2D eigenvalue weighted by atomic mass is 9.83. The van der Waals surface area contributed by atoms with Gasteiger partial charge in [0.2, 0.25) is 10.0 Å². The molecule has 0 spiro atoms. The zero-order valence-corrected chi connectivity index (χ0v) is 12.1. The third-order valence-electron chi connectivity index (χ3n) is 3.43. The molecule has 4 N–H and O–H groups in total. The molecule has 0 atom stereocenters. The van der Waals surface area contributed by atoms with E-state index in [2.05, 4.69) is 4.72 Å². The van der Waals surface area contributed by atoms with E-state index >= 15 is 0 Å². The van der Waals surface area contributed by atoms with Gasteiger partial charge >= 0.3 is 0 Å². The molecule has 106 valence electrons. The molecule has 1 aliphatic rings. The summed E-state index contributed by atoms with van der Waals surface area (Å²) in [6, 6.07) is 2.92. The van der Waals surface area contributed by atoms with Gasteiger partial charge < -0.3 is 10.8 Å². The van der Waals surface area contributed by atoms with E-state index in [1.54, 1.807) is 6.92 Å². The number of hydrogen-bond acceptors (Lipinski definition) is 4. The summed E-state index contributed by atoms with van der Waals surface area (Å²) in [5.41, 5.74) is 6.56. The number of nitrogens with two attached hydrogens (primary N) is 1. The van der Waals surface area contributed by atoms with E-state index in [1.807, 2.05) is 0 Å². The van der Waals surface area contributed by atoms with Gasteiger partial charge in [0.15, 0.2) is 0 Å². The van der Waals surface area contributed by atoms with Crippen molar-refractivity contribution < 1.29 is 13.5 Å². The quantitative estimate of drug-likeness (QED) is 0.731. The lowest BCUT2D eigenvalue weighted by Gasteiger charge is -2.31. The highest BCUT2D eigenvalue weighted by atomic mass is 35.5. The van der Waals surface area contributed by atoms with Crippen molar-refractivity contribution >= 4 is 27.3 Å². The second kappa shape index (κ2) is 5.28. The number of nitrogen functional groups attached to an aromatic ring is 1. The van der Waals surface area contributed by atoms with E-state index in [0.29, 0.717) is 35.7 Å². The van der Waals surface area contributed by atoms with E-state index in [1.165, 1.54) is 12.1 Å². The van der Waals surface area contributed by atoms with E-state index in [4.69, 9.17) is 17.3 Å². The second-order valence-corrected chi connectivity index (χ2v) is 7.13. The van der Waals surface area contributed by atoms with Crippen molar-refractivity contribution in [3.8, 4) is 0 Å². The number of sulfonamides is 1. The van der Waals surface area contributed by atoms with Crippen LogP contribution in [0.15, 0.2) is 17.0 Å². The van der Waals surface area contributed by atoms with E-state index in [9.17, 15) is 13.5 Å². The third kappa shape index (κ3) is 3.20. The van der Waals surface area contributed by atoms with E-state index in [-0.39, 0.29) is 16.9 Å². The normalized spacial score (nSPS) is 23.1. The average molecular weight is 305 g/mol. The van der Waals surface area contributed by atoms with Gasteiger partial charge in [0, 0.05) is 17.3 Å². The summed E-state index contributed by atoms with van der Waals surface area (Å²) in [4.78, 5) is 0.109. The topological polar surface area (TPSA) is 92.4 Å². The zero-order valence-electron chi connectivity index (χ0n) is 10.6. The molecule has 2 rings (SSSR count). The van der Waals surface area contributed by atoms with Gasteiger partial charge in [0.1, 0.15) is 0 Å². The Hall–Kier alpha value is -0.820. The number of hydrogen-bond donors (Lipinski definition) is 3. The van der Waals surface area contributed by atoms with Gasteiger partial charge in [0.05, 0.1) is 11.0 Å². The maximum atomic E-state index is 12.2. The lowest BCUT2D eigenvalue weighted by Crippen LogP contribution is -2.38. The van der Waals surface area contributed by atoms with Gasteiger partial charge in [-0.1, -0.05) is 11.6 Å². The minimum atomic E-state index is -3.62. The first-order valence-electron chi connectivity index (χ1n) is 6.03. The second-order valence-electron chi connectivity index (χ2n) is 4.96. The molecule has 0 saturated heterocycles. The molecule has 0 aliphatic heterocycles. The Labute approximate surface area is 117 Å². The number of aliphatic hydroxyl groups is 1. The average Bonchev–Trinajstić information content (AvgIpc) is 2.27. The number of rotatable bonds is 4. The van der Waals surface area contributed by atoms with Crippen LogP contribution in [0.2, 0.25) is 5.02 Å². The molecule has 5 nitrogen and oxygen atoms in total. The highest BCUT2D eigenvalue weighted by Gasteiger charge is 2.29. The van der Waals surface area contributed by atoms with Crippen LogP contribution in [-0.4, -0.2) is 26.2 Å². The monoisotopic (exact) mass is 304 g/mol. The van der Waals surface area contributed by atoms with Crippen molar-refractivity contribution in [2.45, 2.75) is 30.8 Å². The summed E-state index contributed by atoms with van der Waals surface area (Å²) in [5, 5.41) is 9.46. The Balaban J connectivity index is 2.15. The molecule has 0 aromatic heterocycles. The number of halogens is 1. The van der Waals surface area contributed by atoms with Crippen molar-refractivity contribution in [1.29, 1.82) is 0 Å². The fourth-order valence-corrected chi connectivity index (χ4v) is 3.83. The fourth-order valence-electron chi connectivity index (χ4n) is 2.13. The number of benzene rings is 1. The van der Waals surface area contributed by atoms with Crippen molar-refractivity contribution in [2.75, 3.05) is 12.3 Å². The molecule has 0 heterocycles. The van der Waals surface area contributed by atoms with Crippen LogP contribution in [0, 0.1) is 12.8 Å². The molecule has 7 heteroatoms. The van der Waals surface area contributed by atoms with Gasteiger partial charge in [-0.3, -0.25) is 0 Å². The van der Waals surface area contributed by atoms with Crippen LogP contribution in [0.1, 0.15) is 18.4 Å². The minimum absolute atomic E-state index is 0.109. The Kier molecular flexibility index (Phi) is 4.06. The maximum absolute atomic E-state index is 12.2. The smallest absolute Gasteiger partial charge is 0.240 e. The predicted molar refractivity (Wildman–Crippen MR) is 74.5 cm³/mol. The van der Waals surface area contributed by atoms with Crippen LogP contribution in [0.25, 0.3) is 0 Å². The molecular weight excluding hydrogens is 288 g/mol. The molecular formula is C12H17ClN2O3S. The maximum Gasteiger partial charge on any atom is 0.240 e. The summed E-state index contributed by atoms with van der Waals surface area (Å²) in [7, 11) is -3.62. The molecule has 1 saturated carbocycles. The molecule has 0 radical (unpaired) electrons. The minimum Gasteiger partial charge on any atom is -0.398 e. The van der Waals surface area contributed by atoms with Crippen LogP contribution in [0.5, 0.6) is 0 Å². The highest BCUT2D eigenvalue weighted by Crippen LogP contribution is 2.28. The van der Waals surface area contributed by atoms with E-state index in [0.717, 1.165) is 0 Å². The van der Waals surface area contributed by atoms with Crippen molar-refractivity contribution in [1.82, 2.24) is 4.72 Å². The molecule has 1 aliphatic carbocycles. The van der Waals surface area contributed by atoms with Crippen LogP contribution in [0.4, 0.5) is 5.69 Å². The van der Waals surface area contributed by atoms with Gasteiger partial charge in [-0.25, -0.2) is 13.1 Å². The highest BCUT2D eigenvalue weighted by molar-refractivity contribution is 7.89. The van der Waals surface area contributed by atoms with Crippen molar-refractivity contribution in [3.05, 3.63) is 22.7 Å². The standard InChI is InChI=1S/C12H17ClN2O3S/c1-7-11(14)4-9(13)5-12(7)19(17,18)15-6-8-2-10(16)3-8/h4-5,8,10,15-16H,2-3,6,14H2,1H3. The van der Waals surface area contributed by atoms with Crippen LogP contribution >= 0.6 is 11.6 Å². The van der Waals surface area contributed by atoms with Gasteiger partial charge in [-0.2, -0.15) is 0 Å². The molecule has 0 unspecified atom stereocenters. The van der Waals surface area contributed by atoms with Crippen LogP contribution < -0.4 is 10.5 Å². The van der Waals surface area contributed by atoms with Crippen LogP contribution in [0.3, 0.4) is 0 Å². The third-order valence-corrected chi connectivity index (χ3v) is 5.20. The van der Waals surface area contributed by atoms with E-state index < -0.39 is 10.0 Å². The molecule has 1 aromatic carbocycles. The first-order chi connectivity index (χ1) is 8.79. The first-order valence-corrected chi connectivity index (χ1v) is 7.89. The Morgan fingerprint density at radius 3 is 2.68 bits per heavy atom. The van der Waals surface area contributed by atoms with Crippen molar-refractivity contribution in [3.63, 3.8) is 0 Å². The Morgan fingerprint density at radius 2 is 2.11 bits per heavy atom. The number of anilines is 1. The molecule has 1 aromatic rings. The SMILES string of the molecule is Cc1c(N)cc(Cl)cc1S(=O)(=O)NCC1CC(O)C1. The summed E-state index contributed by atoms with van der Waals surface area (Å²) >= 11 is 5.84. The summed E-state index contributed by atoms with van der Waals surface area (Å²) < 4.78 is 26.9.